The van der Waals surface area contributed by atoms with Crippen LogP contribution in [0.2, 0.25) is 0 Å². The second-order valence-corrected chi connectivity index (χ2v) is 7.59. The molecule has 1 aromatic heterocycles. The van der Waals surface area contributed by atoms with E-state index in [4.69, 9.17) is 4.74 Å². The molecule has 1 aromatic rings. The van der Waals surface area contributed by atoms with Crippen molar-refractivity contribution in [3.63, 3.8) is 0 Å². The number of piperidine rings is 1. The van der Waals surface area contributed by atoms with E-state index in [9.17, 15) is 4.79 Å². The predicted molar refractivity (Wildman–Crippen MR) is 92.9 cm³/mol. The van der Waals surface area contributed by atoms with E-state index in [-0.39, 0.29) is 5.41 Å². The topological polar surface area (TPSA) is 45.7 Å². The van der Waals surface area contributed by atoms with Gasteiger partial charge in [0, 0.05) is 39.0 Å². The van der Waals surface area contributed by atoms with Crippen LogP contribution in [0.4, 0.5) is 5.69 Å². The first-order chi connectivity index (χ1) is 11.8. The fourth-order valence-electron chi connectivity index (χ4n) is 4.64. The van der Waals surface area contributed by atoms with Crippen LogP contribution in [-0.4, -0.2) is 55.2 Å². The normalized spacial score (nSPS) is 29.5. The summed E-state index contributed by atoms with van der Waals surface area (Å²) in [7, 11) is 0. The summed E-state index contributed by atoms with van der Waals surface area (Å²) in [5.41, 5.74) is 0.778. The number of ether oxygens (including phenoxy) is 1. The minimum Gasteiger partial charge on any atom is -0.381 e. The van der Waals surface area contributed by atoms with Gasteiger partial charge in [0.15, 0.2) is 0 Å². The highest BCUT2D eigenvalue weighted by Crippen LogP contribution is 2.42. The van der Waals surface area contributed by atoms with Gasteiger partial charge < -0.3 is 14.5 Å². The van der Waals surface area contributed by atoms with Gasteiger partial charge in [0.2, 0.25) is 5.91 Å². The summed E-state index contributed by atoms with van der Waals surface area (Å²) < 4.78 is 5.48. The molecule has 0 saturated carbocycles. The largest absolute Gasteiger partial charge is 0.381 e. The van der Waals surface area contributed by atoms with Gasteiger partial charge in [-0.2, -0.15) is 0 Å². The molecule has 5 heteroatoms. The Bertz CT molecular complexity index is 573. The molecule has 1 amide bonds. The van der Waals surface area contributed by atoms with Crippen LogP contribution >= 0.6 is 0 Å². The van der Waals surface area contributed by atoms with Crippen molar-refractivity contribution >= 4 is 11.6 Å². The third kappa shape index (κ3) is 3.07. The van der Waals surface area contributed by atoms with E-state index in [1.54, 1.807) is 12.4 Å². The fourth-order valence-corrected chi connectivity index (χ4v) is 4.64. The Morgan fingerprint density at radius 2 is 2.12 bits per heavy atom. The second kappa shape index (κ2) is 6.81. The zero-order valence-electron chi connectivity index (χ0n) is 14.3. The van der Waals surface area contributed by atoms with Gasteiger partial charge in [-0.25, -0.2) is 0 Å². The van der Waals surface area contributed by atoms with E-state index in [0.29, 0.717) is 5.91 Å². The second-order valence-electron chi connectivity index (χ2n) is 7.59. The molecule has 0 radical (unpaired) electrons. The van der Waals surface area contributed by atoms with Crippen LogP contribution in [0.3, 0.4) is 0 Å². The maximum Gasteiger partial charge on any atom is 0.234 e. The van der Waals surface area contributed by atoms with Crippen molar-refractivity contribution in [2.24, 2.45) is 11.3 Å². The molecular formula is C19H27N3O2. The van der Waals surface area contributed by atoms with Gasteiger partial charge in [0.1, 0.15) is 0 Å². The Kier molecular flexibility index (Phi) is 4.55. The quantitative estimate of drug-likeness (QED) is 0.854. The molecule has 24 heavy (non-hydrogen) atoms. The van der Waals surface area contributed by atoms with Crippen LogP contribution in [0.1, 0.15) is 32.1 Å². The van der Waals surface area contributed by atoms with E-state index >= 15 is 0 Å². The molecule has 1 atom stereocenters. The van der Waals surface area contributed by atoms with Crippen molar-refractivity contribution in [3.05, 3.63) is 24.5 Å². The third-order valence-corrected chi connectivity index (χ3v) is 5.98. The summed E-state index contributed by atoms with van der Waals surface area (Å²) >= 11 is 0. The lowest BCUT2D eigenvalue weighted by Crippen LogP contribution is -2.49. The molecular weight excluding hydrogens is 302 g/mol. The van der Waals surface area contributed by atoms with Crippen molar-refractivity contribution in [1.82, 2.24) is 9.88 Å². The van der Waals surface area contributed by atoms with Gasteiger partial charge in [0.25, 0.3) is 0 Å². The lowest BCUT2D eigenvalue weighted by molar-refractivity contribution is -0.128. The number of anilines is 1. The SMILES string of the molecule is O=C1N(c2cccnc2)CCC12CCCN(CC1CCOCC1)C2. The number of pyridine rings is 1. The maximum absolute atomic E-state index is 13.2. The van der Waals surface area contributed by atoms with Crippen molar-refractivity contribution in [2.45, 2.75) is 32.1 Å². The number of hydrogen-bond donors (Lipinski definition) is 0. The van der Waals surface area contributed by atoms with Crippen LogP contribution in [-0.2, 0) is 9.53 Å². The van der Waals surface area contributed by atoms with E-state index < -0.39 is 0 Å². The number of aromatic nitrogens is 1. The Morgan fingerprint density at radius 3 is 2.92 bits per heavy atom. The van der Waals surface area contributed by atoms with Crippen LogP contribution < -0.4 is 4.90 Å². The summed E-state index contributed by atoms with van der Waals surface area (Å²) in [4.78, 5) is 21.8. The van der Waals surface area contributed by atoms with E-state index in [0.717, 1.165) is 70.3 Å². The Labute approximate surface area is 144 Å². The van der Waals surface area contributed by atoms with Gasteiger partial charge in [-0.3, -0.25) is 9.78 Å². The highest BCUT2D eigenvalue weighted by atomic mass is 16.5. The number of carbonyl (C=O) groups excluding carboxylic acids is 1. The molecule has 0 aromatic carbocycles. The number of hydrogen-bond acceptors (Lipinski definition) is 4. The van der Waals surface area contributed by atoms with Crippen molar-refractivity contribution in [3.8, 4) is 0 Å². The number of rotatable bonds is 3. The first-order valence-electron chi connectivity index (χ1n) is 9.29. The Balaban J connectivity index is 1.44. The molecule has 5 nitrogen and oxygen atoms in total. The van der Waals surface area contributed by atoms with Crippen LogP contribution in [0.25, 0.3) is 0 Å². The maximum atomic E-state index is 13.2. The highest BCUT2D eigenvalue weighted by Gasteiger charge is 2.49. The molecule has 1 unspecified atom stereocenters. The lowest BCUT2D eigenvalue weighted by Gasteiger charge is -2.40. The molecule has 0 aliphatic carbocycles. The molecule has 130 valence electrons. The van der Waals surface area contributed by atoms with Gasteiger partial charge >= 0.3 is 0 Å². The van der Waals surface area contributed by atoms with Crippen molar-refractivity contribution < 1.29 is 9.53 Å². The van der Waals surface area contributed by atoms with Crippen molar-refractivity contribution in [2.75, 3.05) is 44.3 Å². The van der Waals surface area contributed by atoms with E-state index in [2.05, 4.69) is 9.88 Å². The summed E-state index contributed by atoms with van der Waals surface area (Å²) in [6.07, 6.45) is 9.04. The van der Waals surface area contributed by atoms with Gasteiger partial charge in [-0.1, -0.05) is 0 Å². The Hall–Kier alpha value is -1.46. The third-order valence-electron chi connectivity index (χ3n) is 5.98. The predicted octanol–water partition coefficient (Wildman–Crippen LogP) is 2.33. The van der Waals surface area contributed by atoms with Crippen molar-refractivity contribution in [1.29, 1.82) is 0 Å². The molecule has 0 N–H and O–H groups in total. The van der Waals surface area contributed by atoms with Gasteiger partial charge in [-0.05, 0) is 56.7 Å². The molecule has 3 saturated heterocycles. The number of carbonyl (C=O) groups is 1. The molecule has 3 fully saturated rings. The molecule has 0 bridgehead atoms. The van der Waals surface area contributed by atoms with E-state index in [1.165, 1.54) is 12.8 Å². The standard InChI is InChI=1S/C19H27N3O2/c23-18-19(7-10-22(18)17-3-1-8-20-13-17)6-2-9-21(15-19)14-16-4-11-24-12-5-16/h1,3,8,13,16H,2,4-7,9-12,14-15H2. The van der Waals surface area contributed by atoms with E-state index in [1.807, 2.05) is 17.0 Å². The molecule has 1 spiro atoms. The van der Waals surface area contributed by atoms with Gasteiger partial charge in [-0.15, -0.1) is 0 Å². The summed E-state index contributed by atoms with van der Waals surface area (Å²) in [5, 5.41) is 0. The summed E-state index contributed by atoms with van der Waals surface area (Å²) in [6.45, 7) is 5.83. The fraction of sp³-hybridized carbons (Fsp3) is 0.684. The zero-order valence-corrected chi connectivity index (χ0v) is 14.3. The smallest absolute Gasteiger partial charge is 0.234 e. The minimum atomic E-state index is -0.167. The van der Waals surface area contributed by atoms with Gasteiger partial charge in [0.05, 0.1) is 17.3 Å². The average molecular weight is 329 g/mol. The van der Waals surface area contributed by atoms with Crippen LogP contribution in [0.15, 0.2) is 24.5 Å². The van der Waals surface area contributed by atoms with Crippen LogP contribution in [0, 0.1) is 11.3 Å². The molecule has 3 aliphatic rings. The average Bonchev–Trinajstić information content (AvgIpc) is 2.93. The molecule has 4 rings (SSSR count). The molecule has 4 heterocycles. The zero-order chi connectivity index (χ0) is 16.4. The lowest BCUT2D eigenvalue weighted by atomic mass is 9.78. The summed E-state index contributed by atoms with van der Waals surface area (Å²) in [5.74, 6) is 1.05. The number of likely N-dealkylation sites (tertiary alicyclic amines) is 1. The minimum absolute atomic E-state index is 0.167. The first-order valence-corrected chi connectivity index (χ1v) is 9.29. The molecule has 3 aliphatic heterocycles. The Morgan fingerprint density at radius 1 is 1.25 bits per heavy atom. The monoisotopic (exact) mass is 329 g/mol. The number of amides is 1. The van der Waals surface area contributed by atoms with Crippen LogP contribution in [0.5, 0.6) is 0 Å². The number of nitrogens with zero attached hydrogens (tertiary/aromatic N) is 3. The highest BCUT2D eigenvalue weighted by molar-refractivity contribution is 6.00. The first kappa shape index (κ1) is 16.0. The summed E-state index contributed by atoms with van der Waals surface area (Å²) in [6, 6.07) is 3.90.